The summed E-state index contributed by atoms with van der Waals surface area (Å²) in [4.78, 5) is 24.1. The predicted octanol–water partition coefficient (Wildman–Crippen LogP) is 3.76. The summed E-state index contributed by atoms with van der Waals surface area (Å²) in [5.74, 6) is 0.0721. The van der Waals surface area contributed by atoms with Gasteiger partial charge >= 0.3 is 5.97 Å². The number of methoxy groups -OCH3 is 1. The van der Waals surface area contributed by atoms with Crippen molar-refractivity contribution in [3.63, 3.8) is 0 Å². The second-order valence-corrected chi connectivity index (χ2v) is 5.05. The average Bonchev–Trinajstić information content (AvgIpc) is 3.18. The molecule has 0 aliphatic carbocycles. The zero-order valence-electron chi connectivity index (χ0n) is 13.4. The van der Waals surface area contributed by atoms with Crippen LogP contribution in [0, 0.1) is 0 Å². The second kappa shape index (κ2) is 7.35. The van der Waals surface area contributed by atoms with E-state index in [4.69, 9.17) is 13.9 Å². The summed E-state index contributed by atoms with van der Waals surface area (Å²) >= 11 is 0. The van der Waals surface area contributed by atoms with Crippen molar-refractivity contribution in [2.24, 2.45) is 0 Å². The van der Waals surface area contributed by atoms with Crippen molar-refractivity contribution in [2.45, 2.75) is 0 Å². The number of para-hydroxylation sites is 1. The van der Waals surface area contributed by atoms with Gasteiger partial charge in [0, 0.05) is 5.69 Å². The van der Waals surface area contributed by atoms with Crippen LogP contribution < -0.4 is 14.8 Å². The van der Waals surface area contributed by atoms with E-state index < -0.39 is 5.97 Å². The zero-order valence-corrected chi connectivity index (χ0v) is 13.4. The summed E-state index contributed by atoms with van der Waals surface area (Å²) in [6.07, 6.45) is 1.40. The first-order valence-electron chi connectivity index (χ1n) is 7.47. The van der Waals surface area contributed by atoms with Gasteiger partial charge in [0.25, 0.3) is 5.91 Å². The van der Waals surface area contributed by atoms with E-state index in [1.807, 2.05) is 0 Å². The molecule has 0 aliphatic rings. The lowest BCUT2D eigenvalue weighted by Crippen LogP contribution is -2.13. The SMILES string of the molecule is COc1ccccc1C(=O)Nc1ccc(OC(=O)c2ccco2)cc1. The molecule has 3 rings (SSSR count). The Hall–Kier alpha value is -3.54. The fraction of sp³-hybridized carbons (Fsp3) is 0.0526. The van der Waals surface area contributed by atoms with Crippen LogP contribution >= 0.6 is 0 Å². The number of benzene rings is 2. The van der Waals surface area contributed by atoms with Gasteiger partial charge in [-0.15, -0.1) is 0 Å². The maximum Gasteiger partial charge on any atom is 0.379 e. The maximum atomic E-state index is 12.3. The van der Waals surface area contributed by atoms with Gasteiger partial charge < -0.3 is 19.2 Å². The molecule has 25 heavy (non-hydrogen) atoms. The number of anilines is 1. The van der Waals surface area contributed by atoms with Crippen LogP contribution in [-0.2, 0) is 0 Å². The highest BCUT2D eigenvalue weighted by molar-refractivity contribution is 6.06. The average molecular weight is 337 g/mol. The smallest absolute Gasteiger partial charge is 0.379 e. The van der Waals surface area contributed by atoms with E-state index in [2.05, 4.69) is 5.32 Å². The van der Waals surface area contributed by atoms with E-state index in [-0.39, 0.29) is 11.7 Å². The van der Waals surface area contributed by atoms with E-state index in [9.17, 15) is 9.59 Å². The van der Waals surface area contributed by atoms with Crippen LogP contribution in [0.4, 0.5) is 5.69 Å². The third kappa shape index (κ3) is 3.87. The normalized spacial score (nSPS) is 10.1. The van der Waals surface area contributed by atoms with E-state index in [0.29, 0.717) is 22.7 Å². The molecular formula is C19H15NO5. The number of hydrogen-bond acceptors (Lipinski definition) is 5. The summed E-state index contributed by atoms with van der Waals surface area (Å²) in [6, 6.07) is 16.5. The number of furan rings is 1. The van der Waals surface area contributed by atoms with Crippen molar-refractivity contribution in [1.82, 2.24) is 0 Å². The van der Waals surface area contributed by atoms with Gasteiger partial charge in [-0.25, -0.2) is 4.79 Å². The number of nitrogens with one attached hydrogen (secondary N) is 1. The van der Waals surface area contributed by atoms with Crippen LogP contribution in [0.5, 0.6) is 11.5 Å². The minimum Gasteiger partial charge on any atom is -0.496 e. The van der Waals surface area contributed by atoms with Gasteiger partial charge in [-0.3, -0.25) is 4.79 Å². The molecule has 0 aliphatic heterocycles. The Labute approximate surface area is 144 Å². The Morgan fingerprint density at radius 2 is 1.72 bits per heavy atom. The minimum atomic E-state index is -0.587. The highest BCUT2D eigenvalue weighted by Gasteiger charge is 2.13. The number of rotatable bonds is 5. The zero-order chi connectivity index (χ0) is 17.6. The summed E-state index contributed by atoms with van der Waals surface area (Å²) in [5, 5.41) is 2.76. The molecule has 0 fully saturated rings. The van der Waals surface area contributed by atoms with Crippen LogP contribution in [0.2, 0.25) is 0 Å². The van der Waals surface area contributed by atoms with Gasteiger partial charge in [-0.1, -0.05) is 12.1 Å². The number of ether oxygens (including phenoxy) is 2. The molecule has 0 saturated heterocycles. The third-order valence-corrected chi connectivity index (χ3v) is 3.40. The van der Waals surface area contributed by atoms with Crippen molar-refractivity contribution in [2.75, 3.05) is 12.4 Å². The van der Waals surface area contributed by atoms with Gasteiger partial charge in [0.1, 0.15) is 11.5 Å². The molecule has 0 bridgehead atoms. The van der Waals surface area contributed by atoms with Gasteiger partial charge in [0.15, 0.2) is 0 Å². The third-order valence-electron chi connectivity index (χ3n) is 3.40. The topological polar surface area (TPSA) is 77.8 Å². The summed E-state index contributed by atoms with van der Waals surface area (Å²) < 4.78 is 15.3. The van der Waals surface area contributed by atoms with E-state index in [0.717, 1.165) is 0 Å². The molecule has 6 nitrogen and oxygen atoms in total. The highest BCUT2D eigenvalue weighted by atomic mass is 16.5. The maximum absolute atomic E-state index is 12.3. The van der Waals surface area contributed by atoms with Crippen molar-refractivity contribution in [3.8, 4) is 11.5 Å². The molecule has 2 aromatic carbocycles. The van der Waals surface area contributed by atoms with Crippen LogP contribution in [0.1, 0.15) is 20.9 Å². The summed E-state index contributed by atoms with van der Waals surface area (Å²) in [7, 11) is 1.51. The molecule has 126 valence electrons. The second-order valence-electron chi connectivity index (χ2n) is 5.05. The van der Waals surface area contributed by atoms with Crippen LogP contribution in [0.15, 0.2) is 71.3 Å². The molecule has 1 aromatic heterocycles. The first-order valence-corrected chi connectivity index (χ1v) is 7.47. The molecule has 0 radical (unpaired) electrons. The first-order chi connectivity index (χ1) is 12.2. The summed E-state index contributed by atoms with van der Waals surface area (Å²) in [6.45, 7) is 0. The molecule has 1 amide bonds. The molecule has 0 spiro atoms. The Morgan fingerprint density at radius 3 is 2.40 bits per heavy atom. The van der Waals surface area contributed by atoms with Crippen LogP contribution in [0.3, 0.4) is 0 Å². The molecule has 0 unspecified atom stereocenters. The Kier molecular flexibility index (Phi) is 4.80. The number of hydrogen-bond donors (Lipinski definition) is 1. The molecule has 1 N–H and O–H groups in total. The van der Waals surface area contributed by atoms with Crippen LogP contribution in [0.25, 0.3) is 0 Å². The van der Waals surface area contributed by atoms with E-state index >= 15 is 0 Å². The number of esters is 1. The summed E-state index contributed by atoms with van der Waals surface area (Å²) in [5.41, 5.74) is 0.993. The lowest BCUT2D eigenvalue weighted by atomic mass is 10.2. The van der Waals surface area contributed by atoms with Crippen molar-refractivity contribution >= 4 is 17.6 Å². The molecular weight excluding hydrogens is 322 g/mol. The standard InChI is InChI=1S/C19H15NO5/c1-23-16-6-3-2-5-15(16)18(21)20-13-8-10-14(11-9-13)25-19(22)17-7-4-12-24-17/h2-12H,1H3,(H,20,21). The predicted molar refractivity (Wildman–Crippen MR) is 91.1 cm³/mol. The number of amides is 1. The Bertz CT molecular complexity index is 869. The monoisotopic (exact) mass is 337 g/mol. The minimum absolute atomic E-state index is 0.119. The fourth-order valence-corrected chi connectivity index (χ4v) is 2.19. The van der Waals surface area contributed by atoms with Gasteiger partial charge in [0.05, 0.1) is 18.9 Å². The van der Waals surface area contributed by atoms with E-state index in [1.165, 1.54) is 19.4 Å². The molecule has 0 atom stereocenters. The van der Waals surface area contributed by atoms with Crippen molar-refractivity contribution in [3.05, 3.63) is 78.3 Å². The van der Waals surface area contributed by atoms with E-state index in [1.54, 1.807) is 54.6 Å². The molecule has 6 heteroatoms. The number of carbonyl (C=O) groups is 2. The quantitative estimate of drug-likeness (QED) is 0.566. The molecule has 3 aromatic rings. The van der Waals surface area contributed by atoms with Gasteiger partial charge in [-0.2, -0.15) is 0 Å². The van der Waals surface area contributed by atoms with Crippen molar-refractivity contribution < 1.29 is 23.5 Å². The Balaban J connectivity index is 1.66. The lowest BCUT2D eigenvalue weighted by molar-refractivity contribution is 0.0701. The molecule has 1 heterocycles. The van der Waals surface area contributed by atoms with Crippen molar-refractivity contribution in [1.29, 1.82) is 0 Å². The van der Waals surface area contributed by atoms with Gasteiger partial charge in [-0.05, 0) is 48.5 Å². The highest BCUT2D eigenvalue weighted by Crippen LogP contribution is 2.21. The number of carbonyl (C=O) groups excluding carboxylic acids is 2. The largest absolute Gasteiger partial charge is 0.496 e. The first kappa shape index (κ1) is 16.3. The fourth-order valence-electron chi connectivity index (χ4n) is 2.19. The molecule has 0 saturated carbocycles. The van der Waals surface area contributed by atoms with Crippen LogP contribution in [-0.4, -0.2) is 19.0 Å². The van der Waals surface area contributed by atoms with Gasteiger partial charge in [0.2, 0.25) is 5.76 Å². The Morgan fingerprint density at radius 1 is 0.960 bits per heavy atom. The lowest BCUT2D eigenvalue weighted by Gasteiger charge is -2.09.